The summed E-state index contributed by atoms with van der Waals surface area (Å²) >= 11 is 6.46. The molecule has 0 aromatic heterocycles. The molecule has 2 atom stereocenters. The first kappa shape index (κ1) is 27.8. The van der Waals surface area contributed by atoms with Gasteiger partial charge in [-0.05, 0) is 72.7 Å². The van der Waals surface area contributed by atoms with Crippen LogP contribution in [0.25, 0.3) is 6.08 Å². The highest BCUT2D eigenvalue weighted by Gasteiger charge is 2.33. The normalized spacial score (nSPS) is 22.7. The third-order valence-electron chi connectivity index (χ3n) is 7.66. The minimum atomic E-state index is -4.05. The Kier molecular flexibility index (Phi) is 8.39. The summed E-state index contributed by atoms with van der Waals surface area (Å²) in [5.41, 5.74) is 2.07. The van der Waals surface area contributed by atoms with Crippen molar-refractivity contribution in [2.75, 3.05) is 30.3 Å². The van der Waals surface area contributed by atoms with E-state index in [9.17, 15) is 22.4 Å². The maximum Gasteiger partial charge on any atom is 0.266 e. The number of carbonyl (C=O) groups is 2. The van der Waals surface area contributed by atoms with Crippen LogP contribution in [-0.4, -0.2) is 54.8 Å². The number of hydrogen-bond donors (Lipinski definition) is 1. The van der Waals surface area contributed by atoms with E-state index < -0.39 is 27.5 Å². The minimum absolute atomic E-state index is 0.0120. The van der Waals surface area contributed by atoms with E-state index in [-0.39, 0.29) is 22.3 Å². The quantitative estimate of drug-likeness (QED) is 0.368. The maximum absolute atomic E-state index is 13.1. The molecule has 5 rings (SSSR count). The average Bonchev–Trinajstić information content (AvgIpc) is 3.19. The number of amides is 2. The average molecular weight is 588 g/mol. The van der Waals surface area contributed by atoms with Gasteiger partial charge in [-0.2, -0.15) is 0 Å². The number of thiocarbonyl (C=S) groups is 1. The first-order valence-corrected chi connectivity index (χ1v) is 16.0. The van der Waals surface area contributed by atoms with Crippen LogP contribution in [0.2, 0.25) is 0 Å². The van der Waals surface area contributed by atoms with Crippen LogP contribution >= 0.6 is 24.0 Å². The summed E-state index contributed by atoms with van der Waals surface area (Å²) < 4.78 is 40.2. The van der Waals surface area contributed by atoms with Crippen molar-refractivity contribution < 1.29 is 22.4 Å². The van der Waals surface area contributed by atoms with Crippen molar-refractivity contribution in [3.63, 3.8) is 0 Å². The lowest BCUT2D eigenvalue weighted by molar-refractivity contribution is -0.121. The van der Waals surface area contributed by atoms with Crippen molar-refractivity contribution in [1.82, 2.24) is 9.62 Å². The molecule has 39 heavy (non-hydrogen) atoms. The molecule has 3 fully saturated rings. The van der Waals surface area contributed by atoms with E-state index in [1.54, 1.807) is 6.08 Å². The Balaban J connectivity index is 1.17. The van der Waals surface area contributed by atoms with Crippen LogP contribution in [0.3, 0.4) is 0 Å². The van der Waals surface area contributed by atoms with Crippen molar-refractivity contribution >= 4 is 61.9 Å². The monoisotopic (exact) mass is 587 g/mol. The molecule has 2 aromatic rings. The zero-order valence-corrected chi connectivity index (χ0v) is 23.8. The number of anilines is 1. The van der Waals surface area contributed by atoms with Crippen LogP contribution in [0.5, 0.6) is 0 Å². The molecule has 1 N–H and O–H groups in total. The van der Waals surface area contributed by atoms with Crippen LogP contribution in [0, 0.1) is 17.7 Å². The summed E-state index contributed by atoms with van der Waals surface area (Å²) in [7, 11) is -4.05. The van der Waals surface area contributed by atoms with E-state index in [2.05, 4.69) is 17.0 Å². The van der Waals surface area contributed by atoms with Gasteiger partial charge in [0.15, 0.2) is 0 Å². The summed E-state index contributed by atoms with van der Waals surface area (Å²) in [5, 5.41) is 0. The number of fused-ring (bicyclic) bond motifs is 1. The van der Waals surface area contributed by atoms with Crippen LogP contribution < -0.4 is 9.62 Å². The van der Waals surface area contributed by atoms with E-state index in [4.69, 9.17) is 12.2 Å². The van der Waals surface area contributed by atoms with E-state index >= 15 is 0 Å². The lowest BCUT2D eigenvalue weighted by Gasteiger charge is -2.42. The van der Waals surface area contributed by atoms with Crippen molar-refractivity contribution in [2.45, 2.75) is 32.1 Å². The lowest BCUT2D eigenvalue weighted by atomic mass is 9.75. The number of thioether (sulfide) groups is 1. The molecule has 0 spiro atoms. The fourth-order valence-electron chi connectivity index (χ4n) is 5.52. The highest BCUT2D eigenvalue weighted by atomic mass is 32.2. The van der Waals surface area contributed by atoms with Gasteiger partial charge in [-0.1, -0.05) is 55.4 Å². The van der Waals surface area contributed by atoms with Gasteiger partial charge in [0.05, 0.1) is 10.7 Å². The van der Waals surface area contributed by atoms with Crippen molar-refractivity contribution in [1.29, 1.82) is 0 Å². The zero-order chi connectivity index (χ0) is 27.6. The first-order chi connectivity index (χ1) is 18.7. The molecule has 1 aliphatic carbocycles. The third-order valence-corrected chi connectivity index (χ3v) is 10.3. The molecule has 206 valence electrons. The molecular formula is C28H30FN3O4S3. The molecular weight excluding hydrogens is 558 g/mol. The number of rotatable bonds is 7. The van der Waals surface area contributed by atoms with Crippen molar-refractivity contribution in [2.24, 2.45) is 11.8 Å². The van der Waals surface area contributed by atoms with Crippen LogP contribution in [0.4, 0.5) is 10.1 Å². The second-order valence-corrected chi connectivity index (χ2v) is 13.7. The van der Waals surface area contributed by atoms with Gasteiger partial charge >= 0.3 is 0 Å². The van der Waals surface area contributed by atoms with E-state index in [1.807, 2.05) is 16.9 Å². The molecule has 2 amide bonds. The highest BCUT2D eigenvalue weighted by Crippen LogP contribution is 2.38. The Morgan fingerprint density at radius 1 is 1.05 bits per heavy atom. The van der Waals surface area contributed by atoms with Crippen molar-refractivity contribution in [3.05, 3.63) is 70.4 Å². The van der Waals surface area contributed by atoms with Gasteiger partial charge in [-0.3, -0.25) is 14.5 Å². The molecule has 1 saturated carbocycles. The smallest absolute Gasteiger partial charge is 0.266 e. The van der Waals surface area contributed by atoms with Crippen molar-refractivity contribution in [3.8, 4) is 0 Å². The van der Waals surface area contributed by atoms with Gasteiger partial charge in [-0.25, -0.2) is 17.5 Å². The largest absolute Gasteiger partial charge is 0.371 e. The Bertz CT molecular complexity index is 1390. The Morgan fingerprint density at radius 2 is 1.74 bits per heavy atom. The number of sulfonamides is 1. The molecule has 3 aliphatic rings. The molecule has 0 bridgehead atoms. The van der Waals surface area contributed by atoms with Gasteiger partial charge in [0, 0.05) is 30.9 Å². The molecule has 0 radical (unpaired) electrons. The number of hydrogen-bond acceptors (Lipinski definition) is 7. The standard InChI is InChI=1S/C28H30FN3O4S3/c29-23-9-7-21(8-10-23)26(33)30-39(35,36)16-15-32-27(34)25(38-28(32)37)17-19-5-11-24(12-6-19)31-14-13-20-3-1-2-4-22(20)18-31/h5-12,17,20,22H,1-4,13-16,18H2,(H,30,33)/b25-17-. The van der Waals surface area contributed by atoms with E-state index in [0.717, 1.165) is 54.4 Å². The lowest BCUT2D eigenvalue weighted by Crippen LogP contribution is -2.41. The SMILES string of the molecule is O=C(NS(=O)(=O)CCN1C(=O)/C(=C/c2ccc(N3CCC4CCCCC4C3)cc2)SC1=S)c1ccc(F)cc1. The number of benzene rings is 2. The molecule has 2 unspecified atom stereocenters. The molecule has 7 nitrogen and oxygen atoms in total. The van der Waals surface area contributed by atoms with Crippen LogP contribution in [0.15, 0.2) is 53.4 Å². The molecule has 2 heterocycles. The summed E-state index contributed by atoms with van der Waals surface area (Å²) in [6.07, 6.45) is 8.41. The predicted octanol–water partition coefficient (Wildman–Crippen LogP) is 4.80. The second kappa shape index (κ2) is 11.8. The fourth-order valence-corrected chi connectivity index (χ4v) is 7.76. The Morgan fingerprint density at radius 3 is 2.46 bits per heavy atom. The highest BCUT2D eigenvalue weighted by molar-refractivity contribution is 8.26. The molecule has 2 aromatic carbocycles. The predicted molar refractivity (Wildman–Crippen MR) is 156 cm³/mol. The van der Waals surface area contributed by atoms with E-state index in [0.29, 0.717) is 4.91 Å². The van der Waals surface area contributed by atoms with Gasteiger partial charge in [0.2, 0.25) is 10.0 Å². The number of carbonyl (C=O) groups excluding carboxylic acids is 2. The second-order valence-electron chi connectivity index (χ2n) is 10.2. The van der Waals surface area contributed by atoms with E-state index in [1.165, 1.54) is 54.8 Å². The number of halogens is 1. The molecule has 2 saturated heterocycles. The first-order valence-electron chi connectivity index (χ1n) is 13.1. The molecule has 2 aliphatic heterocycles. The van der Waals surface area contributed by atoms with Crippen LogP contribution in [0.1, 0.15) is 48.0 Å². The number of nitrogens with zero attached hydrogens (tertiary/aromatic N) is 2. The summed E-state index contributed by atoms with van der Waals surface area (Å²) in [4.78, 5) is 29.3. The van der Waals surface area contributed by atoms with Gasteiger partial charge in [-0.15, -0.1) is 0 Å². The third kappa shape index (κ3) is 6.70. The topological polar surface area (TPSA) is 86.8 Å². The Hall–Kier alpha value is -2.76. The Labute approximate surface area is 237 Å². The summed E-state index contributed by atoms with van der Waals surface area (Å²) in [6, 6.07) is 12.7. The van der Waals surface area contributed by atoms with Gasteiger partial charge < -0.3 is 4.90 Å². The number of piperidine rings is 1. The fraction of sp³-hybridized carbons (Fsp3) is 0.393. The zero-order valence-electron chi connectivity index (χ0n) is 21.3. The van der Waals surface area contributed by atoms with Gasteiger partial charge in [0.1, 0.15) is 10.1 Å². The minimum Gasteiger partial charge on any atom is -0.371 e. The maximum atomic E-state index is 13.1. The van der Waals surface area contributed by atoms with Gasteiger partial charge in [0.25, 0.3) is 11.8 Å². The summed E-state index contributed by atoms with van der Waals surface area (Å²) in [6.45, 7) is 1.99. The van der Waals surface area contributed by atoms with Crippen LogP contribution in [-0.2, 0) is 14.8 Å². The summed E-state index contributed by atoms with van der Waals surface area (Å²) in [5.74, 6) is -0.620. The number of nitrogens with one attached hydrogen (secondary N) is 1. The molecule has 11 heteroatoms.